The van der Waals surface area contributed by atoms with Crippen molar-refractivity contribution in [3.8, 4) is 0 Å². The third-order valence-corrected chi connectivity index (χ3v) is 2.88. The van der Waals surface area contributed by atoms with Crippen molar-refractivity contribution < 1.29 is 14.3 Å². The van der Waals surface area contributed by atoms with Crippen LogP contribution in [0, 0.1) is 5.92 Å². The molecule has 1 amide bonds. The number of rotatable bonds is 6. The molecule has 0 aromatic carbocycles. The van der Waals surface area contributed by atoms with Crippen molar-refractivity contribution in [3.63, 3.8) is 0 Å². The van der Waals surface area contributed by atoms with Crippen LogP contribution in [0.3, 0.4) is 0 Å². The van der Waals surface area contributed by atoms with Crippen LogP contribution < -0.4 is 5.73 Å². The van der Waals surface area contributed by atoms with E-state index in [4.69, 9.17) is 10.5 Å². The lowest BCUT2D eigenvalue weighted by molar-refractivity contribution is -0.150. The summed E-state index contributed by atoms with van der Waals surface area (Å²) in [6.07, 6.45) is 1.91. The molecule has 98 valence electrons. The molecule has 1 atom stereocenters. The highest BCUT2D eigenvalue weighted by Gasteiger charge is 2.36. The highest BCUT2D eigenvalue weighted by atomic mass is 16.5. The standard InChI is InChI=1S/C12H22N2O3/c1-4-17-10(15)7-14(9-5-6-9)12(16)11(13)8(2)3/h8-9,11H,4-7,13H2,1-3H3/t11-/m1/s1. The number of esters is 1. The van der Waals surface area contributed by atoms with Gasteiger partial charge < -0.3 is 15.4 Å². The van der Waals surface area contributed by atoms with Crippen LogP contribution in [0.5, 0.6) is 0 Å². The van der Waals surface area contributed by atoms with Gasteiger partial charge in [-0.3, -0.25) is 9.59 Å². The van der Waals surface area contributed by atoms with Gasteiger partial charge in [0.15, 0.2) is 0 Å². The lowest BCUT2D eigenvalue weighted by atomic mass is 10.0. The fraction of sp³-hybridized carbons (Fsp3) is 0.833. The fourth-order valence-electron chi connectivity index (χ4n) is 1.60. The van der Waals surface area contributed by atoms with Gasteiger partial charge in [-0.1, -0.05) is 13.8 Å². The van der Waals surface area contributed by atoms with E-state index < -0.39 is 6.04 Å². The van der Waals surface area contributed by atoms with Gasteiger partial charge in [-0.2, -0.15) is 0 Å². The van der Waals surface area contributed by atoms with E-state index in [9.17, 15) is 9.59 Å². The van der Waals surface area contributed by atoms with Gasteiger partial charge in [0.25, 0.3) is 0 Å². The molecule has 0 aromatic rings. The highest BCUT2D eigenvalue weighted by molar-refractivity contribution is 5.86. The van der Waals surface area contributed by atoms with Crippen molar-refractivity contribution in [2.24, 2.45) is 11.7 Å². The van der Waals surface area contributed by atoms with E-state index in [0.29, 0.717) is 6.61 Å². The summed E-state index contributed by atoms with van der Waals surface area (Å²) in [6.45, 7) is 5.91. The number of amides is 1. The van der Waals surface area contributed by atoms with Crippen LogP contribution in [-0.2, 0) is 14.3 Å². The Bertz CT molecular complexity index is 287. The summed E-state index contributed by atoms with van der Waals surface area (Å²) in [4.78, 5) is 25.1. The van der Waals surface area contributed by atoms with Gasteiger partial charge in [0.05, 0.1) is 12.6 Å². The zero-order chi connectivity index (χ0) is 13.0. The Morgan fingerprint density at radius 2 is 2.00 bits per heavy atom. The molecule has 2 N–H and O–H groups in total. The van der Waals surface area contributed by atoms with Crippen LogP contribution >= 0.6 is 0 Å². The van der Waals surface area contributed by atoms with Gasteiger partial charge in [-0.15, -0.1) is 0 Å². The molecule has 1 fully saturated rings. The Labute approximate surface area is 102 Å². The summed E-state index contributed by atoms with van der Waals surface area (Å²) >= 11 is 0. The summed E-state index contributed by atoms with van der Waals surface area (Å²) in [6, 6.07) is -0.360. The van der Waals surface area contributed by atoms with Gasteiger partial charge in [-0.05, 0) is 25.7 Å². The Morgan fingerprint density at radius 1 is 1.41 bits per heavy atom. The largest absolute Gasteiger partial charge is 0.465 e. The van der Waals surface area contributed by atoms with Crippen LogP contribution in [0.2, 0.25) is 0 Å². The van der Waals surface area contributed by atoms with Crippen LogP contribution in [0.4, 0.5) is 0 Å². The predicted molar refractivity (Wildman–Crippen MR) is 64.2 cm³/mol. The molecular weight excluding hydrogens is 220 g/mol. The first kappa shape index (κ1) is 14.0. The van der Waals surface area contributed by atoms with E-state index in [1.165, 1.54) is 0 Å². The lowest BCUT2D eigenvalue weighted by Crippen LogP contribution is -2.49. The Kier molecular flexibility index (Phi) is 4.93. The topological polar surface area (TPSA) is 72.6 Å². The molecule has 0 aliphatic heterocycles. The maximum Gasteiger partial charge on any atom is 0.325 e. The third-order valence-electron chi connectivity index (χ3n) is 2.88. The van der Waals surface area contributed by atoms with Gasteiger partial charge in [0.1, 0.15) is 6.54 Å². The van der Waals surface area contributed by atoms with Crippen molar-refractivity contribution in [3.05, 3.63) is 0 Å². The molecule has 0 radical (unpaired) electrons. The molecule has 5 heteroatoms. The van der Waals surface area contributed by atoms with Crippen molar-refractivity contribution in [1.29, 1.82) is 0 Å². The van der Waals surface area contributed by atoms with Crippen LogP contribution in [0.1, 0.15) is 33.6 Å². The third kappa shape index (κ3) is 4.00. The molecule has 0 spiro atoms. The molecule has 1 aliphatic carbocycles. The van der Waals surface area contributed by atoms with Gasteiger partial charge >= 0.3 is 5.97 Å². The van der Waals surface area contributed by atoms with E-state index in [0.717, 1.165) is 12.8 Å². The molecule has 0 unspecified atom stereocenters. The molecule has 0 aromatic heterocycles. The first-order valence-corrected chi connectivity index (χ1v) is 6.19. The molecule has 0 saturated heterocycles. The minimum atomic E-state index is -0.537. The fourth-order valence-corrected chi connectivity index (χ4v) is 1.60. The van der Waals surface area contributed by atoms with Crippen molar-refractivity contribution >= 4 is 11.9 Å². The minimum Gasteiger partial charge on any atom is -0.465 e. The number of nitrogens with zero attached hydrogens (tertiary/aromatic N) is 1. The summed E-state index contributed by atoms with van der Waals surface area (Å²) in [5, 5.41) is 0. The normalized spacial score (nSPS) is 16.8. The van der Waals surface area contributed by atoms with E-state index in [1.54, 1.807) is 11.8 Å². The molecule has 1 aliphatic rings. The monoisotopic (exact) mass is 242 g/mol. The Balaban J connectivity index is 2.59. The summed E-state index contributed by atoms with van der Waals surface area (Å²) in [7, 11) is 0. The maximum absolute atomic E-state index is 12.1. The Hall–Kier alpha value is -1.10. The van der Waals surface area contributed by atoms with E-state index in [2.05, 4.69) is 0 Å². The van der Waals surface area contributed by atoms with E-state index in [-0.39, 0.29) is 30.4 Å². The molecule has 17 heavy (non-hydrogen) atoms. The Morgan fingerprint density at radius 3 is 2.41 bits per heavy atom. The predicted octanol–water partition coefficient (Wildman–Crippen LogP) is 0.524. The summed E-state index contributed by atoms with van der Waals surface area (Å²) in [5.74, 6) is -0.426. The minimum absolute atomic E-state index is 0.0256. The number of hydrogen-bond donors (Lipinski definition) is 1. The molecule has 1 saturated carbocycles. The van der Waals surface area contributed by atoms with Gasteiger partial charge in [0, 0.05) is 6.04 Å². The second-order valence-corrected chi connectivity index (χ2v) is 4.77. The SMILES string of the molecule is CCOC(=O)CN(C(=O)[C@H](N)C(C)C)C1CC1. The lowest BCUT2D eigenvalue weighted by Gasteiger charge is -2.26. The van der Waals surface area contributed by atoms with Crippen LogP contribution in [0.25, 0.3) is 0 Å². The number of carbonyl (C=O) groups is 2. The highest BCUT2D eigenvalue weighted by Crippen LogP contribution is 2.27. The number of nitrogens with two attached hydrogens (primary N) is 1. The van der Waals surface area contributed by atoms with Crippen molar-refractivity contribution in [2.75, 3.05) is 13.2 Å². The maximum atomic E-state index is 12.1. The molecule has 0 heterocycles. The zero-order valence-electron chi connectivity index (χ0n) is 10.8. The molecule has 0 bridgehead atoms. The van der Waals surface area contributed by atoms with Crippen molar-refractivity contribution in [1.82, 2.24) is 4.90 Å². The van der Waals surface area contributed by atoms with Crippen LogP contribution in [-0.4, -0.2) is 42.0 Å². The molecule has 1 rings (SSSR count). The number of hydrogen-bond acceptors (Lipinski definition) is 4. The first-order valence-electron chi connectivity index (χ1n) is 6.19. The number of carbonyl (C=O) groups excluding carboxylic acids is 2. The quantitative estimate of drug-likeness (QED) is 0.689. The summed E-state index contributed by atoms with van der Waals surface area (Å²) in [5.41, 5.74) is 5.83. The van der Waals surface area contributed by atoms with Gasteiger partial charge in [-0.25, -0.2) is 0 Å². The molecular formula is C12H22N2O3. The average molecular weight is 242 g/mol. The van der Waals surface area contributed by atoms with E-state index in [1.807, 2.05) is 13.8 Å². The first-order chi connectivity index (χ1) is 7.97. The van der Waals surface area contributed by atoms with E-state index >= 15 is 0 Å². The molecule has 5 nitrogen and oxygen atoms in total. The summed E-state index contributed by atoms with van der Waals surface area (Å²) < 4.78 is 4.87. The number of ether oxygens (including phenoxy) is 1. The smallest absolute Gasteiger partial charge is 0.325 e. The second kappa shape index (κ2) is 6.00. The van der Waals surface area contributed by atoms with Crippen molar-refractivity contribution in [2.45, 2.75) is 45.7 Å². The van der Waals surface area contributed by atoms with Gasteiger partial charge in [0.2, 0.25) is 5.91 Å². The van der Waals surface area contributed by atoms with Crippen LogP contribution in [0.15, 0.2) is 0 Å². The average Bonchev–Trinajstić information content (AvgIpc) is 3.08. The zero-order valence-corrected chi connectivity index (χ0v) is 10.8. The second-order valence-electron chi connectivity index (χ2n) is 4.77.